The summed E-state index contributed by atoms with van der Waals surface area (Å²) in [6.45, 7) is 0. The largest absolute Gasteiger partial charge is 0.435 e. The predicted molar refractivity (Wildman–Crippen MR) is 101 cm³/mol. The van der Waals surface area contributed by atoms with Gasteiger partial charge in [-0.3, -0.25) is 9.48 Å². The molecule has 2 heterocycles. The molecule has 1 aliphatic heterocycles. The fourth-order valence-corrected chi connectivity index (χ4v) is 4.37. The van der Waals surface area contributed by atoms with Crippen molar-refractivity contribution in [2.24, 2.45) is 7.05 Å². The van der Waals surface area contributed by atoms with Gasteiger partial charge in [0.15, 0.2) is 5.69 Å². The number of hydrogen-bond donors (Lipinski definition) is 1. The topological polar surface area (TPSA) is 46.9 Å². The molecule has 0 unspecified atom stereocenters. The SMILES string of the molecule is Cn1nc(C(F)(F)F)c(/C=C2\SC(=S)NC2=O)c1SCc1ccccc1. The summed E-state index contributed by atoms with van der Waals surface area (Å²) >= 11 is 7.06. The lowest BCUT2D eigenvalue weighted by molar-refractivity contribution is -0.141. The second-order valence-corrected chi connectivity index (χ2v) is 8.00. The van der Waals surface area contributed by atoms with Crippen LogP contribution in [-0.4, -0.2) is 20.0 Å². The van der Waals surface area contributed by atoms with Crippen molar-refractivity contribution in [3.63, 3.8) is 0 Å². The number of carbonyl (C=O) groups excluding carboxylic acids is 1. The van der Waals surface area contributed by atoms with Gasteiger partial charge in [0.25, 0.3) is 5.91 Å². The lowest BCUT2D eigenvalue weighted by Gasteiger charge is -2.06. The van der Waals surface area contributed by atoms with Crippen molar-refractivity contribution < 1.29 is 18.0 Å². The number of halogens is 3. The maximum Gasteiger partial charge on any atom is 0.435 e. The van der Waals surface area contributed by atoms with Crippen LogP contribution in [0.15, 0.2) is 40.3 Å². The van der Waals surface area contributed by atoms with Crippen LogP contribution in [0.4, 0.5) is 13.2 Å². The fourth-order valence-electron chi connectivity index (χ4n) is 2.31. The molecule has 1 saturated heterocycles. The molecule has 0 spiro atoms. The number of alkyl halides is 3. The van der Waals surface area contributed by atoms with Crippen molar-refractivity contribution in [3.8, 4) is 0 Å². The summed E-state index contributed by atoms with van der Waals surface area (Å²) in [5.41, 5.74) is -0.169. The Kier molecular flexibility index (Phi) is 5.44. The smallest absolute Gasteiger partial charge is 0.307 e. The molecule has 136 valence electrons. The van der Waals surface area contributed by atoms with Crippen LogP contribution in [0.3, 0.4) is 0 Å². The van der Waals surface area contributed by atoms with Gasteiger partial charge in [0.2, 0.25) is 0 Å². The molecule has 0 bridgehead atoms. The Balaban J connectivity index is 2.00. The van der Waals surface area contributed by atoms with Gasteiger partial charge in [-0.15, -0.1) is 11.8 Å². The van der Waals surface area contributed by atoms with E-state index in [1.807, 2.05) is 30.3 Å². The Bertz CT molecular complexity index is 891. The highest BCUT2D eigenvalue weighted by Gasteiger charge is 2.39. The van der Waals surface area contributed by atoms with E-state index in [4.69, 9.17) is 12.2 Å². The summed E-state index contributed by atoms with van der Waals surface area (Å²) in [6, 6.07) is 9.39. The molecule has 1 aliphatic rings. The highest BCUT2D eigenvalue weighted by molar-refractivity contribution is 8.26. The summed E-state index contributed by atoms with van der Waals surface area (Å²) < 4.78 is 41.6. The third kappa shape index (κ3) is 4.13. The predicted octanol–water partition coefficient (Wildman–Crippen LogP) is 4.22. The van der Waals surface area contributed by atoms with E-state index in [1.54, 1.807) is 0 Å². The van der Waals surface area contributed by atoms with E-state index in [0.717, 1.165) is 17.3 Å². The molecule has 26 heavy (non-hydrogen) atoms. The number of benzene rings is 1. The number of rotatable bonds is 4. The van der Waals surface area contributed by atoms with Gasteiger partial charge in [-0.25, -0.2) is 0 Å². The molecule has 1 amide bonds. The number of aromatic nitrogens is 2. The first-order valence-corrected chi connectivity index (χ1v) is 9.52. The van der Waals surface area contributed by atoms with Crippen LogP contribution in [0, 0.1) is 0 Å². The van der Waals surface area contributed by atoms with E-state index in [0.29, 0.717) is 10.8 Å². The highest BCUT2D eigenvalue weighted by Crippen LogP contribution is 2.39. The Morgan fingerprint density at radius 3 is 2.62 bits per heavy atom. The molecular formula is C16H12F3N3OS3. The van der Waals surface area contributed by atoms with Crippen molar-refractivity contribution in [2.45, 2.75) is 17.0 Å². The molecule has 3 rings (SSSR count). The zero-order valence-corrected chi connectivity index (χ0v) is 15.8. The van der Waals surface area contributed by atoms with Gasteiger partial charge >= 0.3 is 6.18 Å². The van der Waals surface area contributed by atoms with Crippen molar-refractivity contribution in [1.29, 1.82) is 0 Å². The third-order valence-corrected chi connectivity index (χ3v) is 5.83. The van der Waals surface area contributed by atoms with E-state index in [-0.39, 0.29) is 14.8 Å². The average molecular weight is 415 g/mol. The zero-order valence-electron chi connectivity index (χ0n) is 13.3. The number of thioether (sulfide) groups is 2. The molecule has 0 saturated carbocycles. The number of amides is 1. The van der Waals surface area contributed by atoms with E-state index in [9.17, 15) is 18.0 Å². The monoisotopic (exact) mass is 415 g/mol. The van der Waals surface area contributed by atoms with Gasteiger partial charge in [0, 0.05) is 18.4 Å². The molecule has 10 heteroatoms. The van der Waals surface area contributed by atoms with Crippen LogP contribution in [0.25, 0.3) is 6.08 Å². The van der Waals surface area contributed by atoms with E-state index in [1.165, 1.54) is 29.6 Å². The summed E-state index contributed by atoms with van der Waals surface area (Å²) in [5.74, 6) is -0.0259. The Labute approximate surface area is 161 Å². The lowest BCUT2D eigenvalue weighted by atomic mass is 10.2. The first-order chi connectivity index (χ1) is 12.3. The number of thiocarbonyl (C=S) groups is 1. The molecular weight excluding hydrogens is 403 g/mol. The minimum Gasteiger partial charge on any atom is -0.307 e. The second kappa shape index (κ2) is 7.45. The normalized spacial score (nSPS) is 16.4. The van der Waals surface area contributed by atoms with Crippen LogP contribution < -0.4 is 5.32 Å². The summed E-state index contributed by atoms with van der Waals surface area (Å²) in [6.07, 6.45) is -3.42. The summed E-state index contributed by atoms with van der Waals surface area (Å²) in [4.78, 5) is 12.0. The molecule has 0 aliphatic carbocycles. The maximum atomic E-state index is 13.4. The Morgan fingerprint density at radius 2 is 2.04 bits per heavy atom. The molecule has 1 N–H and O–H groups in total. The van der Waals surface area contributed by atoms with Gasteiger partial charge in [-0.2, -0.15) is 18.3 Å². The summed E-state index contributed by atoms with van der Waals surface area (Å²) in [7, 11) is 1.46. The van der Waals surface area contributed by atoms with Gasteiger partial charge in [0.05, 0.1) is 4.91 Å². The highest BCUT2D eigenvalue weighted by atomic mass is 32.2. The average Bonchev–Trinajstić information content (AvgIpc) is 3.06. The van der Waals surface area contributed by atoms with E-state index < -0.39 is 17.8 Å². The van der Waals surface area contributed by atoms with Gasteiger partial charge in [-0.05, 0) is 11.6 Å². The number of hydrogen-bond acceptors (Lipinski definition) is 5. The number of aryl methyl sites for hydroxylation is 1. The first-order valence-electron chi connectivity index (χ1n) is 7.31. The van der Waals surface area contributed by atoms with Crippen LogP contribution >= 0.6 is 35.7 Å². The Hall–Kier alpha value is -1.78. The molecule has 2 aromatic rings. The van der Waals surface area contributed by atoms with Gasteiger partial charge < -0.3 is 5.32 Å². The zero-order chi connectivity index (χ0) is 18.9. The second-order valence-electron chi connectivity index (χ2n) is 5.32. The standard InChI is InChI=1S/C16H12F3N3OS3/c1-22-14(25-8-9-5-3-2-4-6-9)10(12(21-22)16(17,18)19)7-11-13(23)20-15(24)26-11/h2-7H,8H2,1H3,(H,20,23,24)/b11-7-. The molecule has 0 atom stereocenters. The van der Waals surface area contributed by atoms with E-state index >= 15 is 0 Å². The van der Waals surface area contributed by atoms with Crippen molar-refractivity contribution >= 4 is 52.0 Å². The fraction of sp³-hybridized carbons (Fsp3) is 0.188. The molecule has 1 aromatic heterocycles. The van der Waals surface area contributed by atoms with Gasteiger partial charge in [-0.1, -0.05) is 54.3 Å². The Morgan fingerprint density at radius 1 is 1.35 bits per heavy atom. The van der Waals surface area contributed by atoms with Crippen LogP contribution in [0.2, 0.25) is 0 Å². The molecule has 0 radical (unpaired) electrons. The maximum absolute atomic E-state index is 13.4. The molecule has 1 fully saturated rings. The quantitative estimate of drug-likeness (QED) is 0.460. The van der Waals surface area contributed by atoms with Gasteiger partial charge in [0.1, 0.15) is 9.35 Å². The number of carbonyl (C=O) groups is 1. The summed E-state index contributed by atoms with van der Waals surface area (Å²) in [5, 5.41) is 6.37. The van der Waals surface area contributed by atoms with Crippen molar-refractivity contribution in [2.75, 3.05) is 0 Å². The lowest BCUT2D eigenvalue weighted by Crippen LogP contribution is -2.17. The van der Waals surface area contributed by atoms with Crippen molar-refractivity contribution in [3.05, 3.63) is 52.1 Å². The molecule has 1 aromatic carbocycles. The van der Waals surface area contributed by atoms with Crippen LogP contribution in [0.5, 0.6) is 0 Å². The minimum atomic E-state index is -4.63. The third-order valence-electron chi connectivity index (χ3n) is 3.43. The number of nitrogens with one attached hydrogen (secondary N) is 1. The number of nitrogens with zero attached hydrogens (tertiary/aromatic N) is 2. The molecule has 4 nitrogen and oxygen atoms in total. The van der Waals surface area contributed by atoms with Crippen LogP contribution in [0.1, 0.15) is 16.8 Å². The van der Waals surface area contributed by atoms with E-state index in [2.05, 4.69) is 10.4 Å². The van der Waals surface area contributed by atoms with Crippen molar-refractivity contribution in [1.82, 2.24) is 15.1 Å². The van der Waals surface area contributed by atoms with Crippen LogP contribution in [-0.2, 0) is 23.8 Å². The first kappa shape index (κ1) is 19.0. The minimum absolute atomic E-state index is 0.120.